The summed E-state index contributed by atoms with van der Waals surface area (Å²) in [5, 5.41) is 0. The minimum absolute atomic E-state index is 0.152. The van der Waals surface area contributed by atoms with Crippen molar-refractivity contribution in [3.63, 3.8) is 0 Å². The molecule has 0 radical (unpaired) electrons. The largest absolute Gasteiger partial charge is 0.432 e. The van der Waals surface area contributed by atoms with Gasteiger partial charge in [0, 0.05) is 43.2 Å². The van der Waals surface area contributed by atoms with E-state index in [4.69, 9.17) is 9.47 Å². The van der Waals surface area contributed by atoms with Crippen LogP contribution >= 0.6 is 0 Å². The van der Waals surface area contributed by atoms with E-state index in [-0.39, 0.29) is 56.1 Å². The van der Waals surface area contributed by atoms with E-state index in [1.807, 2.05) is 13.8 Å². The summed E-state index contributed by atoms with van der Waals surface area (Å²) in [5.41, 5.74) is -0.152. The topological polar surface area (TPSA) is 27.7 Å². The van der Waals surface area contributed by atoms with Crippen molar-refractivity contribution >= 4 is 0 Å². The second kappa shape index (κ2) is 11.2. The van der Waals surface area contributed by atoms with Gasteiger partial charge in [-0.1, -0.05) is 13.8 Å². The van der Waals surface area contributed by atoms with E-state index in [9.17, 15) is 39.5 Å². The van der Waals surface area contributed by atoms with Crippen LogP contribution in [-0.2, 0) is 9.47 Å². The van der Waals surface area contributed by atoms with Crippen LogP contribution in [0, 0.1) is 40.6 Å². The number of hydrogen-bond acceptors (Lipinski definition) is 3. The van der Waals surface area contributed by atoms with Crippen LogP contribution in [0.1, 0.15) is 78.1 Å². The molecule has 2 aliphatic carbocycles. The van der Waals surface area contributed by atoms with Gasteiger partial charge in [-0.2, -0.15) is 26.3 Å². The molecule has 3 aliphatic rings. The van der Waals surface area contributed by atoms with Crippen LogP contribution in [0.5, 0.6) is 5.75 Å². The van der Waals surface area contributed by atoms with Crippen LogP contribution in [0.4, 0.5) is 39.5 Å². The summed E-state index contributed by atoms with van der Waals surface area (Å²) in [6.45, 7) is 4.90. The molecule has 1 aromatic rings. The molecule has 1 heterocycles. The zero-order valence-corrected chi connectivity index (χ0v) is 22.5. The molecule has 3 fully saturated rings. The molecular weight excluding hydrogens is 555 g/mol. The molecule has 1 aromatic carbocycles. The first kappa shape index (κ1) is 31.3. The summed E-state index contributed by atoms with van der Waals surface area (Å²) in [7, 11) is 0. The number of benzene rings is 1. The monoisotopic (exact) mass is 590 g/mol. The highest BCUT2D eigenvalue weighted by Crippen LogP contribution is 2.50. The Kier molecular flexibility index (Phi) is 8.74. The highest BCUT2D eigenvalue weighted by Gasteiger charge is 2.58. The van der Waals surface area contributed by atoms with Gasteiger partial charge in [-0.05, 0) is 50.4 Å². The predicted molar refractivity (Wildman–Crippen MR) is 127 cm³/mol. The molecular formula is C28H35F9O3. The van der Waals surface area contributed by atoms with Crippen LogP contribution in [0.3, 0.4) is 0 Å². The van der Waals surface area contributed by atoms with Crippen molar-refractivity contribution in [3.05, 3.63) is 29.6 Å². The van der Waals surface area contributed by atoms with Gasteiger partial charge in [-0.25, -0.2) is 13.2 Å². The minimum atomic E-state index is -4.32. The SMILES string of the molecule is CC1(C)COC2(CCC(CC(F)(F)C(F)(F)CC3CCC(C(F)(F)Oc4cc(F)c(F)c(F)c4)CC3)CC2)OC1. The Labute approximate surface area is 227 Å². The number of halogens is 9. The fraction of sp³-hybridized carbons (Fsp3) is 0.786. The van der Waals surface area contributed by atoms with E-state index in [0.29, 0.717) is 26.1 Å². The summed E-state index contributed by atoms with van der Waals surface area (Å²) >= 11 is 0. The Bertz CT molecular complexity index is 995. The molecule has 3 nitrogen and oxygen atoms in total. The molecule has 0 amide bonds. The molecule has 0 atom stereocenters. The van der Waals surface area contributed by atoms with Crippen LogP contribution in [-0.4, -0.2) is 37.0 Å². The Morgan fingerprint density at radius 3 is 1.68 bits per heavy atom. The molecule has 228 valence electrons. The average molecular weight is 591 g/mol. The molecule has 1 aliphatic heterocycles. The molecule has 1 spiro atoms. The Morgan fingerprint density at radius 2 is 1.20 bits per heavy atom. The predicted octanol–water partition coefficient (Wildman–Crippen LogP) is 8.89. The maximum Gasteiger partial charge on any atom is 0.400 e. The lowest BCUT2D eigenvalue weighted by Gasteiger charge is -2.47. The van der Waals surface area contributed by atoms with Gasteiger partial charge in [-0.15, -0.1) is 0 Å². The van der Waals surface area contributed by atoms with Gasteiger partial charge in [-0.3, -0.25) is 0 Å². The van der Waals surface area contributed by atoms with Crippen LogP contribution in [0.2, 0.25) is 0 Å². The van der Waals surface area contributed by atoms with Gasteiger partial charge < -0.3 is 14.2 Å². The highest BCUT2D eigenvalue weighted by atomic mass is 19.3. The zero-order chi connectivity index (χ0) is 29.6. The smallest absolute Gasteiger partial charge is 0.400 e. The summed E-state index contributed by atoms with van der Waals surface area (Å²) in [6, 6.07) is 0.561. The molecule has 4 rings (SSSR count). The number of ether oxygens (including phenoxy) is 3. The van der Waals surface area contributed by atoms with E-state index in [2.05, 4.69) is 4.74 Å². The lowest BCUT2D eigenvalue weighted by Crippen LogP contribution is -2.50. The summed E-state index contributed by atoms with van der Waals surface area (Å²) in [6.07, 6.45) is -5.74. The van der Waals surface area contributed by atoms with Crippen LogP contribution in [0.15, 0.2) is 12.1 Å². The molecule has 0 bridgehead atoms. The third-order valence-electron chi connectivity index (χ3n) is 8.48. The fourth-order valence-electron chi connectivity index (χ4n) is 5.91. The molecule has 2 saturated carbocycles. The van der Waals surface area contributed by atoms with Crippen molar-refractivity contribution in [1.82, 2.24) is 0 Å². The minimum Gasteiger partial charge on any atom is -0.432 e. The maximum absolute atomic E-state index is 14.8. The second-order valence-electron chi connectivity index (χ2n) is 12.5. The second-order valence-corrected chi connectivity index (χ2v) is 12.5. The molecule has 12 heteroatoms. The van der Waals surface area contributed by atoms with Crippen molar-refractivity contribution in [1.29, 1.82) is 0 Å². The van der Waals surface area contributed by atoms with Gasteiger partial charge in [0.15, 0.2) is 23.2 Å². The van der Waals surface area contributed by atoms with E-state index >= 15 is 0 Å². The molecule has 0 N–H and O–H groups in total. The lowest BCUT2D eigenvalue weighted by atomic mass is 9.76. The van der Waals surface area contributed by atoms with E-state index in [1.165, 1.54) is 0 Å². The van der Waals surface area contributed by atoms with Gasteiger partial charge in [0.1, 0.15) is 5.75 Å². The highest BCUT2D eigenvalue weighted by molar-refractivity contribution is 5.25. The first-order chi connectivity index (χ1) is 18.4. The van der Waals surface area contributed by atoms with E-state index in [1.54, 1.807) is 0 Å². The Balaban J connectivity index is 1.26. The van der Waals surface area contributed by atoms with Gasteiger partial charge >= 0.3 is 18.0 Å². The van der Waals surface area contributed by atoms with Crippen molar-refractivity contribution < 1.29 is 53.7 Å². The summed E-state index contributed by atoms with van der Waals surface area (Å²) in [5.74, 6) is -18.6. The van der Waals surface area contributed by atoms with Gasteiger partial charge in [0.25, 0.3) is 0 Å². The molecule has 40 heavy (non-hydrogen) atoms. The molecule has 0 unspecified atom stereocenters. The van der Waals surface area contributed by atoms with Crippen LogP contribution < -0.4 is 4.74 Å². The van der Waals surface area contributed by atoms with Crippen LogP contribution in [0.25, 0.3) is 0 Å². The number of alkyl halides is 6. The first-order valence-corrected chi connectivity index (χ1v) is 13.7. The van der Waals surface area contributed by atoms with Crippen molar-refractivity contribution in [3.8, 4) is 5.75 Å². The standard InChI is InChI=1S/C28H35F9O3/c1-24(2)15-38-25(39-16-24)9-7-18(8-10-25)14-27(34,35)26(32,33)13-17-3-5-19(6-4-17)28(36,37)40-20-11-21(29)23(31)22(30)12-20/h11-12,17-19H,3-10,13-16H2,1-2H3. The van der Waals surface area contributed by atoms with E-state index < -0.39 is 77.5 Å². The third-order valence-corrected chi connectivity index (χ3v) is 8.48. The fourth-order valence-corrected chi connectivity index (χ4v) is 5.91. The number of rotatable bonds is 8. The quantitative estimate of drug-likeness (QED) is 0.224. The molecule has 1 saturated heterocycles. The maximum atomic E-state index is 14.8. The zero-order valence-electron chi connectivity index (χ0n) is 22.5. The summed E-state index contributed by atoms with van der Waals surface area (Å²) in [4.78, 5) is 0. The van der Waals surface area contributed by atoms with Crippen molar-refractivity contribution in [2.45, 2.75) is 102 Å². The third kappa shape index (κ3) is 7.02. The normalized spacial score (nSPS) is 26.2. The first-order valence-electron chi connectivity index (χ1n) is 13.7. The Hall–Kier alpha value is -1.69. The number of hydrogen-bond donors (Lipinski definition) is 0. The molecule has 0 aromatic heterocycles. The lowest BCUT2D eigenvalue weighted by molar-refractivity contribution is -0.314. The summed E-state index contributed by atoms with van der Waals surface area (Å²) < 4.78 is 144. The van der Waals surface area contributed by atoms with Gasteiger partial charge in [0.05, 0.1) is 19.1 Å². The van der Waals surface area contributed by atoms with E-state index in [0.717, 1.165) is 0 Å². The Morgan fingerprint density at radius 1 is 0.750 bits per heavy atom. The average Bonchev–Trinajstić information content (AvgIpc) is 2.85. The van der Waals surface area contributed by atoms with Crippen molar-refractivity contribution in [2.75, 3.05) is 13.2 Å². The van der Waals surface area contributed by atoms with Crippen molar-refractivity contribution in [2.24, 2.45) is 23.2 Å². The van der Waals surface area contributed by atoms with Gasteiger partial charge in [0.2, 0.25) is 0 Å².